The summed E-state index contributed by atoms with van der Waals surface area (Å²) in [5, 5.41) is 10.5. The fourth-order valence-corrected chi connectivity index (χ4v) is 2.47. The number of methoxy groups -OCH3 is 2. The summed E-state index contributed by atoms with van der Waals surface area (Å²) in [7, 11) is 3.30. The van der Waals surface area contributed by atoms with Gasteiger partial charge in [-0.3, -0.25) is 9.89 Å². The number of nitrogens with one attached hydrogen (secondary N) is 2. The monoisotopic (exact) mass is 332 g/mol. The molecule has 0 saturated heterocycles. The van der Waals surface area contributed by atoms with Crippen molar-refractivity contribution in [3.8, 4) is 0 Å². The van der Waals surface area contributed by atoms with Crippen LogP contribution in [0.25, 0.3) is 0 Å². The van der Waals surface area contributed by atoms with Gasteiger partial charge in [0.25, 0.3) is 5.91 Å². The van der Waals surface area contributed by atoms with Crippen LogP contribution in [0.15, 0.2) is 0 Å². The molecule has 22 heavy (non-hydrogen) atoms. The molecule has 126 valence electrons. The van der Waals surface area contributed by atoms with Gasteiger partial charge in [-0.25, -0.2) is 0 Å². The molecule has 7 nitrogen and oxygen atoms in total. The van der Waals surface area contributed by atoms with E-state index in [1.807, 2.05) is 0 Å². The highest BCUT2D eigenvalue weighted by Crippen LogP contribution is 2.17. The summed E-state index contributed by atoms with van der Waals surface area (Å²) >= 11 is 0. The zero-order valence-corrected chi connectivity index (χ0v) is 14.0. The standard InChI is InChI=1S/C14H24N4O3.ClH/c1-20-8-3-6-18(7-9-21-2)14(19)13-11-10-15-5-4-12(11)16-17-13;/h15H,3-10H2,1-2H3,(H,16,17);1H. The van der Waals surface area contributed by atoms with E-state index in [0.717, 1.165) is 30.6 Å². The third-order valence-electron chi connectivity index (χ3n) is 3.64. The molecule has 1 amide bonds. The molecular weight excluding hydrogens is 308 g/mol. The summed E-state index contributed by atoms with van der Waals surface area (Å²) in [6.07, 6.45) is 1.69. The number of hydrogen-bond acceptors (Lipinski definition) is 5. The fraction of sp³-hybridized carbons (Fsp3) is 0.714. The van der Waals surface area contributed by atoms with E-state index in [1.165, 1.54) is 0 Å². The molecule has 0 spiro atoms. The number of halogens is 1. The molecule has 0 aliphatic carbocycles. The predicted octanol–water partition coefficient (Wildman–Crippen LogP) is 0.602. The average Bonchev–Trinajstić information content (AvgIpc) is 2.94. The first-order valence-electron chi connectivity index (χ1n) is 7.32. The highest BCUT2D eigenvalue weighted by Gasteiger charge is 2.25. The van der Waals surface area contributed by atoms with Crippen molar-refractivity contribution in [2.45, 2.75) is 19.4 Å². The van der Waals surface area contributed by atoms with E-state index in [-0.39, 0.29) is 18.3 Å². The molecule has 0 fully saturated rings. The Balaban J connectivity index is 0.00000242. The van der Waals surface area contributed by atoms with Crippen LogP contribution in [0, 0.1) is 0 Å². The second kappa shape index (κ2) is 9.78. The number of carbonyl (C=O) groups is 1. The minimum absolute atomic E-state index is 0. The van der Waals surface area contributed by atoms with Crippen LogP contribution in [-0.4, -0.2) is 68.1 Å². The van der Waals surface area contributed by atoms with E-state index in [4.69, 9.17) is 9.47 Å². The Kier molecular flexibility index (Phi) is 8.40. The van der Waals surface area contributed by atoms with E-state index in [2.05, 4.69) is 15.5 Å². The van der Waals surface area contributed by atoms with Crippen LogP contribution in [0.4, 0.5) is 0 Å². The van der Waals surface area contributed by atoms with Crippen LogP contribution in [0.1, 0.15) is 28.2 Å². The smallest absolute Gasteiger partial charge is 0.274 e. The maximum Gasteiger partial charge on any atom is 0.274 e. The van der Waals surface area contributed by atoms with Gasteiger partial charge < -0.3 is 19.7 Å². The Bertz CT molecular complexity index is 467. The van der Waals surface area contributed by atoms with Crippen molar-refractivity contribution >= 4 is 18.3 Å². The number of aromatic amines is 1. The van der Waals surface area contributed by atoms with Gasteiger partial charge in [0.2, 0.25) is 0 Å². The van der Waals surface area contributed by atoms with Crippen molar-refractivity contribution in [1.82, 2.24) is 20.4 Å². The van der Waals surface area contributed by atoms with Crippen LogP contribution in [0.5, 0.6) is 0 Å². The molecule has 1 aliphatic heterocycles. The molecule has 0 aromatic carbocycles. The predicted molar refractivity (Wildman–Crippen MR) is 85.5 cm³/mol. The third-order valence-corrected chi connectivity index (χ3v) is 3.64. The second-order valence-electron chi connectivity index (χ2n) is 5.09. The summed E-state index contributed by atoms with van der Waals surface area (Å²) < 4.78 is 10.1. The minimum Gasteiger partial charge on any atom is -0.385 e. The number of ether oxygens (including phenoxy) is 2. The molecule has 1 aromatic rings. The van der Waals surface area contributed by atoms with E-state index >= 15 is 0 Å². The zero-order valence-electron chi connectivity index (χ0n) is 13.2. The molecule has 0 saturated carbocycles. The molecular formula is C14H25ClN4O3. The highest BCUT2D eigenvalue weighted by molar-refractivity contribution is 5.94. The van der Waals surface area contributed by atoms with Crippen molar-refractivity contribution in [3.05, 3.63) is 17.0 Å². The summed E-state index contributed by atoms with van der Waals surface area (Å²) in [4.78, 5) is 14.5. The van der Waals surface area contributed by atoms with Gasteiger partial charge in [0, 0.05) is 64.7 Å². The number of H-pyrrole nitrogens is 1. The first-order chi connectivity index (χ1) is 10.3. The normalized spacial score (nSPS) is 13.4. The van der Waals surface area contributed by atoms with Gasteiger partial charge in [-0.15, -0.1) is 12.4 Å². The molecule has 1 aromatic heterocycles. The Morgan fingerprint density at radius 1 is 1.27 bits per heavy atom. The molecule has 2 heterocycles. The lowest BCUT2D eigenvalue weighted by Crippen LogP contribution is -2.36. The Labute approximate surface area is 137 Å². The van der Waals surface area contributed by atoms with Crippen molar-refractivity contribution in [1.29, 1.82) is 0 Å². The molecule has 0 radical (unpaired) electrons. The fourth-order valence-electron chi connectivity index (χ4n) is 2.47. The molecule has 0 unspecified atom stereocenters. The van der Waals surface area contributed by atoms with Crippen LogP contribution in [0.3, 0.4) is 0 Å². The highest BCUT2D eigenvalue weighted by atomic mass is 35.5. The summed E-state index contributed by atoms with van der Waals surface area (Å²) in [5.41, 5.74) is 2.60. The third kappa shape index (κ3) is 4.67. The second-order valence-corrected chi connectivity index (χ2v) is 5.09. The van der Waals surface area contributed by atoms with Crippen LogP contribution < -0.4 is 5.32 Å². The minimum atomic E-state index is -0.0376. The SMILES string of the molecule is COCCCN(CCOC)C(=O)c1n[nH]c2c1CNCC2.Cl. The van der Waals surface area contributed by atoms with Gasteiger partial charge in [0.15, 0.2) is 5.69 Å². The Morgan fingerprint density at radius 3 is 2.77 bits per heavy atom. The largest absolute Gasteiger partial charge is 0.385 e. The van der Waals surface area contributed by atoms with Crippen LogP contribution in [-0.2, 0) is 22.4 Å². The summed E-state index contributed by atoms with van der Waals surface area (Å²) in [6.45, 7) is 3.98. The van der Waals surface area contributed by atoms with Crippen LogP contribution in [0.2, 0.25) is 0 Å². The van der Waals surface area contributed by atoms with E-state index < -0.39 is 0 Å². The van der Waals surface area contributed by atoms with Gasteiger partial charge in [0.05, 0.1) is 6.61 Å². The topological polar surface area (TPSA) is 79.5 Å². The first kappa shape index (κ1) is 18.9. The van der Waals surface area contributed by atoms with Gasteiger partial charge >= 0.3 is 0 Å². The van der Waals surface area contributed by atoms with Crippen molar-refractivity contribution in [2.75, 3.05) is 47.1 Å². The van der Waals surface area contributed by atoms with Crippen molar-refractivity contribution < 1.29 is 14.3 Å². The molecule has 2 rings (SSSR count). The summed E-state index contributed by atoms with van der Waals surface area (Å²) in [6, 6.07) is 0. The number of nitrogens with zero attached hydrogens (tertiary/aromatic N) is 2. The Morgan fingerprint density at radius 2 is 2.05 bits per heavy atom. The molecule has 2 N–H and O–H groups in total. The van der Waals surface area contributed by atoms with Crippen LogP contribution >= 0.6 is 12.4 Å². The zero-order chi connectivity index (χ0) is 15.1. The molecule has 0 bridgehead atoms. The number of fused-ring (bicyclic) bond motifs is 1. The number of rotatable bonds is 8. The molecule has 0 atom stereocenters. The number of amides is 1. The van der Waals surface area contributed by atoms with Gasteiger partial charge in [-0.1, -0.05) is 0 Å². The first-order valence-corrected chi connectivity index (χ1v) is 7.32. The van der Waals surface area contributed by atoms with E-state index in [9.17, 15) is 4.79 Å². The number of hydrogen-bond donors (Lipinski definition) is 2. The van der Waals surface area contributed by atoms with Crippen molar-refractivity contribution in [2.24, 2.45) is 0 Å². The maximum atomic E-state index is 12.7. The summed E-state index contributed by atoms with van der Waals surface area (Å²) in [5.74, 6) is -0.0376. The lowest BCUT2D eigenvalue weighted by molar-refractivity contribution is 0.0667. The van der Waals surface area contributed by atoms with E-state index in [1.54, 1.807) is 19.1 Å². The molecule has 1 aliphatic rings. The number of aromatic nitrogens is 2. The number of carbonyl (C=O) groups excluding carboxylic acids is 1. The lowest BCUT2D eigenvalue weighted by Gasteiger charge is -2.22. The van der Waals surface area contributed by atoms with Crippen molar-refractivity contribution in [3.63, 3.8) is 0 Å². The lowest BCUT2D eigenvalue weighted by atomic mass is 10.1. The Hall–Kier alpha value is -1.15. The van der Waals surface area contributed by atoms with Gasteiger partial charge in [0.1, 0.15) is 0 Å². The maximum absolute atomic E-state index is 12.7. The average molecular weight is 333 g/mol. The quantitative estimate of drug-likeness (QED) is 0.682. The van der Waals surface area contributed by atoms with E-state index in [0.29, 0.717) is 38.5 Å². The van der Waals surface area contributed by atoms with Gasteiger partial charge in [-0.2, -0.15) is 5.10 Å². The molecule has 8 heteroatoms. The van der Waals surface area contributed by atoms with Gasteiger partial charge in [-0.05, 0) is 6.42 Å².